The van der Waals surface area contributed by atoms with Gasteiger partial charge < -0.3 is 19.3 Å². The van der Waals surface area contributed by atoms with E-state index in [1.54, 1.807) is 24.3 Å². The number of nitrogens with zero attached hydrogens (tertiary/aromatic N) is 1. The van der Waals surface area contributed by atoms with E-state index >= 15 is 0 Å². The normalized spacial score (nSPS) is 23.9. The Morgan fingerprint density at radius 1 is 1.23 bits per heavy atom. The lowest BCUT2D eigenvalue weighted by molar-refractivity contribution is -0.176. The number of carbonyl (C=O) groups is 1. The number of benzene rings is 1. The number of ketones is 1. The first kappa shape index (κ1) is 26.5. The molecule has 6 nitrogen and oxygen atoms in total. The van der Waals surface area contributed by atoms with Crippen LogP contribution in [0.5, 0.6) is 11.5 Å². The molecule has 0 saturated carbocycles. The first-order valence-electron chi connectivity index (χ1n) is 11.7. The molecule has 0 spiro atoms. The van der Waals surface area contributed by atoms with E-state index in [1.165, 1.54) is 7.11 Å². The van der Waals surface area contributed by atoms with Crippen LogP contribution < -0.4 is 4.74 Å². The maximum atomic E-state index is 12.5. The monoisotopic (exact) mass is 477 g/mol. The van der Waals surface area contributed by atoms with Gasteiger partial charge in [0.1, 0.15) is 6.07 Å². The van der Waals surface area contributed by atoms with Crippen LogP contribution in [0.1, 0.15) is 46.6 Å². The Morgan fingerprint density at radius 3 is 2.49 bits per heavy atom. The Kier molecular flexibility index (Phi) is 7.17. The Morgan fingerprint density at radius 2 is 1.89 bits per heavy atom. The molecular formula is C29H35NO5. The van der Waals surface area contributed by atoms with E-state index in [-0.39, 0.29) is 17.1 Å². The molecule has 0 aromatic heterocycles. The van der Waals surface area contributed by atoms with Gasteiger partial charge in [0.25, 0.3) is 0 Å². The Hall–Kier alpha value is -3.14. The number of hydrogen-bond acceptors (Lipinski definition) is 6. The number of nitriles is 1. The maximum absolute atomic E-state index is 12.5. The molecule has 1 saturated heterocycles. The predicted molar refractivity (Wildman–Crippen MR) is 136 cm³/mol. The van der Waals surface area contributed by atoms with Crippen molar-refractivity contribution < 1.29 is 24.1 Å². The summed E-state index contributed by atoms with van der Waals surface area (Å²) in [6.45, 7) is 15.0. The number of phenolic OH excluding ortho intramolecular Hbond substituents is 1. The van der Waals surface area contributed by atoms with Crippen LogP contribution in [0.4, 0.5) is 0 Å². The second-order valence-corrected chi connectivity index (χ2v) is 10.7. The van der Waals surface area contributed by atoms with E-state index < -0.39 is 22.0 Å². The summed E-state index contributed by atoms with van der Waals surface area (Å²) in [5, 5.41) is 19.3. The number of ether oxygens (including phenoxy) is 3. The second-order valence-electron chi connectivity index (χ2n) is 10.7. The van der Waals surface area contributed by atoms with Gasteiger partial charge in [-0.25, -0.2) is 0 Å². The smallest absolute Gasteiger partial charge is 0.197 e. The summed E-state index contributed by atoms with van der Waals surface area (Å²) in [6.07, 6.45) is 10.1. The van der Waals surface area contributed by atoms with E-state index in [2.05, 4.69) is 12.6 Å². The van der Waals surface area contributed by atoms with E-state index in [1.807, 2.05) is 58.9 Å². The number of rotatable bonds is 7. The van der Waals surface area contributed by atoms with Crippen LogP contribution >= 0.6 is 0 Å². The molecule has 186 valence electrons. The van der Waals surface area contributed by atoms with E-state index in [9.17, 15) is 15.2 Å². The minimum absolute atomic E-state index is 0.0706. The fraction of sp³-hybridized carbons (Fsp3) is 0.448. The molecule has 1 aliphatic heterocycles. The molecule has 1 atom stereocenters. The summed E-state index contributed by atoms with van der Waals surface area (Å²) in [6, 6.07) is 7.16. The fourth-order valence-electron chi connectivity index (χ4n) is 4.85. The van der Waals surface area contributed by atoms with Crippen molar-refractivity contribution in [2.75, 3.05) is 20.3 Å². The van der Waals surface area contributed by atoms with Crippen molar-refractivity contribution in [2.24, 2.45) is 16.2 Å². The van der Waals surface area contributed by atoms with Gasteiger partial charge in [-0.05, 0) is 35.8 Å². The molecule has 0 radical (unpaired) electrons. The SMILES string of the molecule is C=C(/C=C/[C@@]1(C)C=C(C#N)C(=O)C(C)(C)C1)C(C)(C)C1(/C=C/c2ccc(O)c(OC)c2)OCCO1. The third-order valence-corrected chi connectivity index (χ3v) is 7.03. The molecule has 1 aromatic carbocycles. The minimum atomic E-state index is -1.05. The highest BCUT2D eigenvalue weighted by molar-refractivity contribution is 6.03. The zero-order valence-corrected chi connectivity index (χ0v) is 21.5. The van der Waals surface area contributed by atoms with Gasteiger partial charge >= 0.3 is 0 Å². The Bertz CT molecular complexity index is 1140. The average molecular weight is 478 g/mol. The molecular weight excluding hydrogens is 442 g/mol. The largest absolute Gasteiger partial charge is 0.504 e. The van der Waals surface area contributed by atoms with Crippen molar-refractivity contribution in [1.29, 1.82) is 5.26 Å². The van der Waals surface area contributed by atoms with Crippen molar-refractivity contribution >= 4 is 11.9 Å². The van der Waals surface area contributed by atoms with Gasteiger partial charge in [0.05, 0.1) is 25.9 Å². The Labute approximate surface area is 208 Å². The van der Waals surface area contributed by atoms with Crippen LogP contribution in [-0.2, 0) is 14.3 Å². The van der Waals surface area contributed by atoms with Crippen LogP contribution in [0.3, 0.4) is 0 Å². The van der Waals surface area contributed by atoms with E-state index in [0.717, 1.165) is 11.1 Å². The number of carbonyl (C=O) groups excluding carboxylic acids is 1. The lowest BCUT2D eigenvalue weighted by atomic mass is 9.65. The fourth-order valence-corrected chi connectivity index (χ4v) is 4.85. The molecule has 2 aliphatic rings. The van der Waals surface area contributed by atoms with Gasteiger partial charge in [-0.3, -0.25) is 4.79 Å². The van der Waals surface area contributed by atoms with Gasteiger partial charge in [0, 0.05) is 16.2 Å². The summed E-state index contributed by atoms with van der Waals surface area (Å²) in [5.74, 6) is -0.711. The summed E-state index contributed by atoms with van der Waals surface area (Å²) in [5.41, 5.74) is 0.0772. The molecule has 1 N–H and O–H groups in total. The van der Waals surface area contributed by atoms with Crippen LogP contribution in [0.2, 0.25) is 0 Å². The second kappa shape index (κ2) is 9.49. The predicted octanol–water partition coefficient (Wildman–Crippen LogP) is 5.75. The quantitative estimate of drug-likeness (QED) is 0.503. The molecule has 1 fully saturated rings. The standard InChI is InChI=1S/C29H35NO5/c1-20(10-12-28(6)17-22(18-30)25(32)26(2,3)19-28)27(4,5)29(34-14-15-35-29)13-11-21-8-9-23(31)24(16-21)33-7/h8-13,16-17,31H,1,14-15,19H2,2-7H3/b12-10+,13-11+/t28-/m0/s1. The molecule has 0 amide bonds. The summed E-state index contributed by atoms with van der Waals surface area (Å²) in [4.78, 5) is 12.5. The van der Waals surface area contributed by atoms with Crippen molar-refractivity contribution in [3.63, 3.8) is 0 Å². The molecule has 6 heteroatoms. The molecule has 0 bridgehead atoms. The number of methoxy groups -OCH3 is 1. The summed E-state index contributed by atoms with van der Waals surface area (Å²) in [7, 11) is 1.51. The first-order chi connectivity index (χ1) is 16.3. The maximum Gasteiger partial charge on any atom is 0.197 e. The van der Waals surface area contributed by atoms with Crippen LogP contribution in [0, 0.1) is 27.6 Å². The molecule has 1 aromatic rings. The zero-order valence-electron chi connectivity index (χ0n) is 21.5. The van der Waals surface area contributed by atoms with Crippen molar-refractivity contribution in [2.45, 2.75) is 46.8 Å². The molecule has 1 aliphatic carbocycles. The van der Waals surface area contributed by atoms with Gasteiger partial charge in [-0.1, -0.05) is 71.6 Å². The van der Waals surface area contributed by atoms with Crippen molar-refractivity contribution in [1.82, 2.24) is 0 Å². The number of phenols is 1. The molecule has 3 rings (SSSR count). The molecule has 1 heterocycles. The van der Waals surface area contributed by atoms with Crippen LogP contribution in [0.15, 0.2) is 60.2 Å². The highest BCUT2D eigenvalue weighted by Gasteiger charge is 2.49. The lowest BCUT2D eigenvalue weighted by Crippen LogP contribution is -2.45. The van der Waals surface area contributed by atoms with Crippen LogP contribution in [-0.4, -0.2) is 37.0 Å². The zero-order chi connectivity index (χ0) is 26.1. The third-order valence-electron chi connectivity index (χ3n) is 7.03. The number of aromatic hydroxyl groups is 1. The molecule has 0 unspecified atom stereocenters. The lowest BCUT2D eigenvalue weighted by Gasteiger charge is -2.41. The average Bonchev–Trinajstić information content (AvgIpc) is 3.30. The first-order valence-corrected chi connectivity index (χ1v) is 11.7. The highest BCUT2D eigenvalue weighted by Crippen LogP contribution is 2.47. The van der Waals surface area contributed by atoms with Gasteiger partial charge in [-0.2, -0.15) is 5.26 Å². The van der Waals surface area contributed by atoms with E-state index in [0.29, 0.717) is 25.4 Å². The van der Waals surface area contributed by atoms with E-state index in [4.69, 9.17) is 14.2 Å². The van der Waals surface area contributed by atoms with Gasteiger partial charge in [0.2, 0.25) is 0 Å². The number of hydrogen-bond donors (Lipinski definition) is 1. The third kappa shape index (κ3) is 5.12. The summed E-state index contributed by atoms with van der Waals surface area (Å²) < 4.78 is 17.5. The molecule has 35 heavy (non-hydrogen) atoms. The van der Waals surface area contributed by atoms with Crippen molar-refractivity contribution in [3.8, 4) is 17.6 Å². The summed E-state index contributed by atoms with van der Waals surface area (Å²) >= 11 is 0. The van der Waals surface area contributed by atoms with Crippen molar-refractivity contribution in [3.05, 3.63) is 65.8 Å². The highest BCUT2D eigenvalue weighted by atomic mass is 16.7. The number of allylic oxidation sites excluding steroid dienone is 4. The Balaban J connectivity index is 1.90. The topological polar surface area (TPSA) is 88.8 Å². The van der Waals surface area contributed by atoms with Crippen LogP contribution in [0.25, 0.3) is 6.08 Å². The van der Waals surface area contributed by atoms with Gasteiger partial charge in [0.15, 0.2) is 23.1 Å². The number of Topliss-reactive ketones (excluding diaryl/α,β-unsaturated/α-hetero) is 1. The van der Waals surface area contributed by atoms with Gasteiger partial charge in [-0.15, -0.1) is 0 Å². The minimum Gasteiger partial charge on any atom is -0.504 e.